The number of nitrogens with zero attached hydrogens (tertiary/aromatic N) is 1. The minimum atomic E-state index is -3.68. The first-order valence-electron chi connectivity index (χ1n) is 8.78. The second-order valence-electron chi connectivity index (χ2n) is 6.72. The summed E-state index contributed by atoms with van der Waals surface area (Å²) in [5.41, 5.74) is 2.83. The Hall–Kier alpha value is -2.71. The van der Waals surface area contributed by atoms with Crippen LogP contribution in [0.1, 0.15) is 27.9 Å². The molecule has 0 fully saturated rings. The van der Waals surface area contributed by atoms with Gasteiger partial charge in [0, 0.05) is 38.3 Å². The molecule has 28 heavy (non-hydrogen) atoms. The Bertz CT molecular complexity index is 985. The van der Waals surface area contributed by atoms with E-state index in [1.165, 1.54) is 11.0 Å². The minimum Gasteiger partial charge on any atom is -0.345 e. The molecule has 0 heterocycles. The summed E-state index contributed by atoms with van der Waals surface area (Å²) in [5, 5.41) is 2.67. The summed E-state index contributed by atoms with van der Waals surface area (Å²) in [5.74, 6) is -0.519. The van der Waals surface area contributed by atoms with E-state index in [-0.39, 0.29) is 29.7 Å². The normalized spacial score (nSPS) is 11.1. The summed E-state index contributed by atoms with van der Waals surface area (Å²) in [6, 6.07) is 11.5. The number of aryl methyl sites for hydroxylation is 2. The molecule has 0 aliphatic carbocycles. The molecular formula is C20H25N3O4S. The molecular weight excluding hydrogens is 378 g/mol. The third kappa shape index (κ3) is 5.64. The zero-order chi connectivity index (χ0) is 20.9. The minimum absolute atomic E-state index is 0.0303. The van der Waals surface area contributed by atoms with Crippen LogP contribution in [0.5, 0.6) is 0 Å². The van der Waals surface area contributed by atoms with Crippen LogP contribution in [0, 0.1) is 13.8 Å². The van der Waals surface area contributed by atoms with Crippen LogP contribution in [0.15, 0.2) is 47.4 Å². The van der Waals surface area contributed by atoms with E-state index in [0.29, 0.717) is 11.3 Å². The van der Waals surface area contributed by atoms with E-state index in [0.717, 1.165) is 11.1 Å². The van der Waals surface area contributed by atoms with Crippen molar-refractivity contribution in [3.8, 4) is 0 Å². The third-order valence-corrected chi connectivity index (χ3v) is 5.69. The van der Waals surface area contributed by atoms with Crippen LogP contribution in [-0.4, -0.2) is 45.8 Å². The number of anilines is 1. The van der Waals surface area contributed by atoms with Crippen LogP contribution in [-0.2, 0) is 14.8 Å². The van der Waals surface area contributed by atoms with Gasteiger partial charge in [0.05, 0.1) is 4.90 Å². The lowest BCUT2D eigenvalue weighted by Gasteiger charge is -2.12. The van der Waals surface area contributed by atoms with Gasteiger partial charge in [-0.1, -0.05) is 12.1 Å². The van der Waals surface area contributed by atoms with Crippen LogP contribution in [0.3, 0.4) is 0 Å². The molecule has 2 aromatic carbocycles. The highest BCUT2D eigenvalue weighted by molar-refractivity contribution is 7.89. The van der Waals surface area contributed by atoms with Crippen molar-refractivity contribution in [1.29, 1.82) is 0 Å². The Morgan fingerprint density at radius 2 is 1.71 bits per heavy atom. The number of amides is 2. The van der Waals surface area contributed by atoms with Crippen LogP contribution < -0.4 is 10.0 Å². The molecule has 0 aliphatic rings. The maximum atomic E-state index is 12.3. The SMILES string of the molecule is Cc1ccc(S(=O)(=O)NCCC(=O)Nc2cccc(C(=O)N(C)C)c2)cc1C. The topological polar surface area (TPSA) is 95.6 Å². The monoisotopic (exact) mass is 403 g/mol. The number of benzene rings is 2. The summed E-state index contributed by atoms with van der Waals surface area (Å²) in [4.78, 5) is 25.7. The molecule has 0 aromatic heterocycles. The fourth-order valence-electron chi connectivity index (χ4n) is 2.47. The number of nitrogens with one attached hydrogen (secondary N) is 2. The average Bonchev–Trinajstić information content (AvgIpc) is 2.63. The Balaban J connectivity index is 1.93. The summed E-state index contributed by atoms with van der Waals surface area (Å²) < 4.78 is 27.1. The van der Waals surface area contributed by atoms with Gasteiger partial charge in [-0.15, -0.1) is 0 Å². The molecule has 2 aromatic rings. The molecule has 0 spiro atoms. The molecule has 8 heteroatoms. The van der Waals surface area contributed by atoms with Gasteiger partial charge in [0.25, 0.3) is 5.91 Å². The number of sulfonamides is 1. The van der Waals surface area contributed by atoms with Gasteiger partial charge in [0.2, 0.25) is 15.9 Å². The van der Waals surface area contributed by atoms with Gasteiger partial charge in [-0.2, -0.15) is 0 Å². The summed E-state index contributed by atoms with van der Waals surface area (Å²) >= 11 is 0. The fraction of sp³-hybridized carbons (Fsp3) is 0.300. The lowest BCUT2D eigenvalue weighted by molar-refractivity contribution is -0.116. The largest absolute Gasteiger partial charge is 0.345 e. The van der Waals surface area contributed by atoms with Gasteiger partial charge < -0.3 is 10.2 Å². The first kappa shape index (κ1) is 21.6. The number of hydrogen-bond acceptors (Lipinski definition) is 4. The molecule has 2 N–H and O–H groups in total. The highest BCUT2D eigenvalue weighted by Crippen LogP contribution is 2.15. The van der Waals surface area contributed by atoms with Crippen molar-refractivity contribution >= 4 is 27.5 Å². The highest BCUT2D eigenvalue weighted by atomic mass is 32.2. The third-order valence-electron chi connectivity index (χ3n) is 4.23. The van der Waals surface area contributed by atoms with E-state index in [4.69, 9.17) is 0 Å². The van der Waals surface area contributed by atoms with Crippen LogP contribution in [0.4, 0.5) is 5.69 Å². The van der Waals surface area contributed by atoms with E-state index < -0.39 is 10.0 Å². The second-order valence-corrected chi connectivity index (χ2v) is 8.49. The number of carbonyl (C=O) groups excluding carboxylic acids is 2. The lowest BCUT2D eigenvalue weighted by atomic mass is 10.1. The zero-order valence-electron chi connectivity index (χ0n) is 16.4. The van der Waals surface area contributed by atoms with Gasteiger partial charge in [-0.05, 0) is 55.3 Å². The Kier molecular flexibility index (Phi) is 6.93. The molecule has 0 bridgehead atoms. The smallest absolute Gasteiger partial charge is 0.253 e. The molecule has 150 valence electrons. The molecule has 0 aliphatic heterocycles. The summed E-state index contributed by atoms with van der Waals surface area (Å²) in [6.45, 7) is 3.72. The van der Waals surface area contributed by atoms with Crippen molar-refractivity contribution in [2.45, 2.75) is 25.2 Å². The van der Waals surface area contributed by atoms with Gasteiger partial charge in [0.1, 0.15) is 0 Å². The first-order chi connectivity index (χ1) is 13.1. The van der Waals surface area contributed by atoms with E-state index in [1.54, 1.807) is 50.5 Å². The molecule has 2 amide bonds. The number of rotatable bonds is 7. The molecule has 0 unspecified atom stereocenters. The fourth-order valence-corrected chi connectivity index (χ4v) is 3.59. The van der Waals surface area contributed by atoms with E-state index in [1.807, 2.05) is 13.8 Å². The molecule has 0 saturated heterocycles. The lowest BCUT2D eigenvalue weighted by Crippen LogP contribution is -2.28. The van der Waals surface area contributed by atoms with Gasteiger partial charge in [-0.25, -0.2) is 13.1 Å². The molecule has 0 atom stereocenters. The molecule has 0 radical (unpaired) electrons. The van der Waals surface area contributed by atoms with E-state index >= 15 is 0 Å². The van der Waals surface area contributed by atoms with E-state index in [9.17, 15) is 18.0 Å². The van der Waals surface area contributed by atoms with Crippen LogP contribution in [0.25, 0.3) is 0 Å². The van der Waals surface area contributed by atoms with Gasteiger partial charge in [0.15, 0.2) is 0 Å². The second kappa shape index (κ2) is 8.99. The number of hydrogen-bond donors (Lipinski definition) is 2. The van der Waals surface area contributed by atoms with E-state index in [2.05, 4.69) is 10.0 Å². The highest BCUT2D eigenvalue weighted by Gasteiger charge is 2.15. The number of carbonyl (C=O) groups is 2. The molecule has 7 nitrogen and oxygen atoms in total. The summed E-state index contributed by atoms with van der Waals surface area (Å²) in [6.07, 6.45) is -0.0318. The molecule has 2 rings (SSSR count). The van der Waals surface area contributed by atoms with Crippen molar-refractivity contribution in [2.24, 2.45) is 0 Å². The molecule has 0 saturated carbocycles. The van der Waals surface area contributed by atoms with Crippen molar-refractivity contribution in [3.63, 3.8) is 0 Å². The van der Waals surface area contributed by atoms with Crippen molar-refractivity contribution in [1.82, 2.24) is 9.62 Å². The van der Waals surface area contributed by atoms with Crippen LogP contribution >= 0.6 is 0 Å². The van der Waals surface area contributed by atoms with Crippen LogP contribution in [0.2, 0.25) is 0 Å². The Morgan fingerprint density at radius 1 is 1.00 bits per heavy atom. The van der Waals surface area contributed by atoms with Crippen molar-refractivity contribution in [2.75, 3.05) is 26.0 Å². The average molecular weight is 404 g/mol. The standard InChI is InChI=1S/C20H25N3O4S/c1-14-8-9-18(12-15(14)2)28(26,27)21-11-10-19(24)22-17-7-5-6-16(13-17)20(25)23(3)4/h5-9,12-13,21H,10-11H2,1-4H3,(H,22,24). The quantitative estimate of drug-likeness (QED) is 0.742. The van der Waals surface area contributed by atoms with Gasteiger partial charge >= 0.3 is 0 Å². The maximum Gasteiger partial charge on any atom is 0.253 e. The summed E-state index contributed by atoms with van der Waals surface area (Å²) in [7, 11) is -0.380. The predicted octanol–water partition coefficient (Wildman–Crippen LogP) is 2.31. The van der Waals surface area contributed by atoms with Crippen molar-refractivity contribution in [3.05, 3.63) is 59.2 Å². The Labute approximate surface area is 165 Å². The Morgan fingerprint density at radius 3 is 2.36 bits per heavy atom. The zero-order valence-corrected chi connectivity index (χ0v) is 17.3. The predicted molar refractivity (Wildman–Crippen MR) is 109 cm³/mol. The van der Waals surface area contributed by atoms with Gasteiger partial charge in [-0.3, -0.25) is 9.59 Å². The van der Waals surface area contributed by atoms with Crippen molar-refractivity contribution < 1.29 is 18.0 Å². The first-order valence-corrected chi connectivity index (χ1v) is 10.3. The maximum absolute atomic E-state index is 12.3.